The minimum absolute atomic E-state index is 0.0578. The van der Waals surface area contributed by atoms with Gasteiger partial charge in [-0.1, -0.05) is 0 Å². The zero-order valence-corrected chi connectivity index (χ0v) is 16.8. The Kier molecular flexibility index (Phi) is 7.62. The maximum absolute atomic E-state index is 12.3. The molecule has 160 valence electrons. The first kappa shape index (κ1) is 23.4. The lowest BCUT2D eigenvalue weighted by atomic mass is 10.1. The van der Waals surface area contributed by atoms with Gasteiger partial charge in [0, 0.05) is 17.7 Å². The molecule has 0 atom stereocenters. The molecule has 3 rings (SSSR count). The van der Waals surface area contributed by atoms with Gasteiger partial charge in [-0.2, -0.15) is 0 Å². The Bertz CT molecular complexity index is 1150. The highest BCUT2D eigenvalue weighted by Gasteiger charge is 2.20. The molecule has 0 spiro atoms. The van der Waals surface area contributed by atoms with Crippen LogP contribution in [0.2, 0.25) is 0 Å². The Balaban J connectivity index is 0.000000735. The van der Waals surface area contributed by atoms with Crippen LogP contribution in [0.5, 0.6) is 28.7 Å². The molecule has 0 aliphatic carbocycles. The van der Waals surface area contributed by atoms with Gasteiger partial charge in [0.25, 0.3) is 0 Å². The number of carbonyl (C=O) groups excluding carboxylic acids is 1. The molecule has 0 amide bonds. The van der Waals surface area contributed by atoms with Gasteiger partial charge < -0.3 is 34.1 Å². The SMILES string of the molecule is O=C(CF)Oc1cc(O)c2c(=O)c(O)c(-c3ccc(O)c(O)c3)oc2c1.[O-][S+](Cl)Cl. The Hall–Kier alpha value is -2.86. The molecule has 0 radical (unpaired) electrons. The number of esters is 1. The number of hydrogen-bond acceptors (Lipinski definition) is 9. The molecule has 0 fully saturated rings. The molecular formula is C17H11Cl2FO9S. The number of ether oxygens (including phenoxy) is 1. The highest BCUT2D eigenvalue weighted by Crippen LogP contribution is 2.37. The second kappa shape index (κ2) is 9.76. The van der Waals surface area contributed by atoms with E-state index in [2.05, 4.69) is 26.1 Å². The van der Waals surface area contributed by atoms with Crippen LogP contribution in [0.4, 0.5) is 4.39 Å². The van der Waals surface area contributed by atoms with E-state index in [1.807, 2.05) is 0 Å². The van der Waals surface area contributed by atoms with Gasteiger partial charge in [-0.05, 0) is 18.2 Å². The molecule has 1 heterocycles. The van der Waals surface area contributed by atoms with Crippen molar-refractivity contribution in [2.24, 2.45) is 0 Å². The first-order chi connectivity index (χ1) is 14.0. The second-order valence-electron chi connectivity index (χ2n) is 5.42. The summed E-state index contributed by atoms with van der Waals surface area (Å²) in [6.07, 6.45) is 0. The van der Waals surface area contributed by atoms with E-state index in [1.54, 1.807) is 0 Å². The molecule has 0 bridgehead atoms. The summed E-state index contributed by atoms with van der Waals surface area (Å²) >= 11 is 0. The fourth-order valence-electron chi connectivity index (χ4n) is 2.34. The van der Waals surface area contributed by atoms with Crippen molar-refractivity contribution in [2.45, 2.75) is 0 Å². The molecule has 0 aliphatic heterocycles. The predicted molar refractivity (Wildman–Crippen MR) is 106 cm³/mol. The smallest absolute Gasteiger partial charge is 0.342 e. The monoisotopic (exact) mass is 480 g/mol. The summed E-state index contributed by atoms with van der Waals surface area (Å²) < 4.78 is 31.4. The van der Waals surface area contributed by atoms with E-state index in [9.17, 15) is 34.4 Å². The molecule has 2 aromatic carbocycles. The summed E-state index contributed by atoms with van der Waals surface area (Å²) in [7, 11) is 7.36. The maximum atomic E-state index is 12.3. The number of phenolic OH excluding ortho intramolecular Hbond substituents is 3. The summed E-state index contributed by atoms with van der Waals surface area (Å²) in [6, 6.07) is 5.40. The van der Waals surface area contributed by atoms with Crippen LogP contribution in [0, 0.1) is 0 Å². The highest BCUT2D eigenvalue weighted by molar-refractivity contribution is 8.31. The molecule has 0 saturated heterocycles. The number of alkyl halides is 1. The lowest BCUT2D eigenvalue weighted by molar-refractivity contribution is -0.135. The van der Waals surface area contributed by atoms with Gasteiger partial charge >= 0.3 is 5.97 Å². The number of phenols is 3. The Morgan fingerprint density at radius 1 is 1.10 bits per heavy atom. The third-order valence-corrected chi connectivity index (χ3v) is 3.50. The van der Waals surface area contributed by atoms with Gasteiger partial charge in [0.15, 0.2) is 54.9 Å². The first-order valence-corrected chi connectivity index (χ1v) is 10.4. The molecule has 0 unspecified atom stereocenters. The van der Waals surface area contributed by atoms with Crippen molar-refractivity contribution in [3.63, 3.8) is 0 Å². The molecule has 3 aromatic rings. The standard InChI is InChI=1S/C17H11FO8.Cl2OS/c18-6-13(22)25-8-4-11(21)14-12(5-8)26-17(16(24)15(14)23)7-1-2-9(19)10(20)3-7;1-4(2)3/h1-5,19-21,24H,6H2;. The van der Waals surface area contributed by atoms with Crippen LogP contribution in [0.25, 0.3) is 22.3 Å². The minimum Gasteiger partial charge on any atom is -0.582 e. The first-order valence-electron chi connectivity index (χ1n) is 7.61. The Morgan fingerprint density at radius 3 is 2.30 bits per heavy atom. The lowest BCUT2D eigenvalue weighted by Gasteiger charge is -2.09. The van der Waals surface area contributed by atoms with Gasteiger partial charge in [0.2, 0.25) is 11.2 Å². The number of halogens is 3. The van der Waals surface area contributed by atoms with Gasteiger partial charge in [-0.15, -0.1) is 0 Å². The Labute approximate surface area is 178 Å². The van der Waals surface area contributed by atoms with Crippen LogP contribution in [0.15, 0.2) is 39.5 Å². The fourth-order valence-corrected chi connectivity index (χ4v) is 2.34. The van der Waals surface area contributed by atoms with E-state index in [1.165, 1.54) is 6.07 Å². The number of benzene rings is 2. The average Bonchev–Trinajstić information content (AvgIpc) is 2.66. The van der Waals surface area contributed by atoms with E-state index in [-0.39, 0.29) is 28.0 Å². The normalized spacial score (nSPS) is 10.6. The molecular weight excluding hydrogens is 470 g/mol. The zero-order chi connectivity index (χ0) is 22.6. The molecule has 30 heavy (non-hydrogen) atoms. The van der Waals surface area contributed by atoms with Crippen molar-refractivity contribution >= 4 is 47.9 Å². The number of fused-ring (bicyclic) bond motifs is 1. The predicted octanol–water partition coefficient (Wildman–Crippen LogP) is 3.20. The summed E-state index contributed by atoms with van der Waals surface area (Å²) in [5.74, 6) is -4.27. The average molecular weight is 481 g/mol. The topological polar surface area (TPSA) is 160 Å². The number of carbonyl (C=O) groups is 1. The van der Waals surface area contributed by atoms with Gasteiger partial charge in [-0.3, -0.25) is 4.79 Å². The van der Waals surface area contributed by atoms with E-state index < -0.39 is 50.7 Å². The second-order valence-corrected chi connectivity index (χ2v) is 7.94. The summed E-state index contributed by atoms with van der Waals surface area (Å²) in [6.45, 7) is -1.39. The van der Waals surface area contributed by atoms with E-state index in [0.29, 0.717) is 0 Å². The van der Waals surface area contributed by atoms with Gasteiger partial charge in [0.1, 0.15) is 22.5 Å². The third kappa shape index (κ3) is 5.39. The number of hydrogen-bond donors (Lipinski definition) is 4. The Morgan fingerprint density at radius 2 is 1.73 bits per heavy atom. The van der Waals surface area contributed by atoms with Crippen LogP contribution >= 0.6 is 21.4 Å². The van der Waals surface area contributed by atoms with Crippen molar-refractivity contribution in [2.75, 3.05) is 6.67 Å². The van der Waals surface area contributed by atoms with Crippen LogP contribution in [0.3, 0.4) is 0 Å². The molecule has 4 N–H and O–H groups in total. The molecule has 9 nitrogen and oxygen atoms in total. The molecule has 13 heteroatoms. The van der Waals surface area contributed by atoms with Gasteiger partial charge in [-0.25, -0.2) is 9.18 Å². The zero-order valence-electron chi connectivity index (χ0n) is 14.5. The summed E-state index contributed by atoms with van der Waals surface area (Å²) in [5.41, 5.74) is -1.17. The molecule has 0 aliphatic rings. The summed E-state index contributed by atoms with van der Waals surface area (Å²) in [4.78, 5) is 23.4. The number of aromatic hydroxyl groups is 4. The van der Waals surface area contributed by atoms with Crippen molar-refractivity contribution in [1.29, 1.82) is 0 Å². The lowest BCUT2D eigenvalue weighted by Crippen LogP contribution is -2.10. The third-order valence-electron chi connectivity index (χ3n) is 3.50. The van der Waals surface area contributed by atoms with Crippen molar-refractivity contribution in [3.05, 3.63) is 40.6 Å². The maximum Gasteiger partial charge on any atom is 0.342 e. The van der Waals surface area contributed by atoms with E-state index in [0.717, 1.165) is 24.3 Å². The molecule has 1 aromatic heterocycles. The van der Waals surface area contributed by atoms with E-state index in [4.69, 9.17) is 8.97 Å². The highest BCUT2D eigenvalue weighted by atomic mass is 36.0. The number of rotatable bonds is 3. The van der Waals surface area contributed by atoms with Crippen molar-refractivity contribution < 1.29 is 43.3 Å². The van der Waals surface area contributed by atoms with Crippen molar-refractivity contribution in [1.82, 2.24) is 0 Å². The van der Waals surface area contributed by atoms with E-state index >= 15 is 0 Å². The van der Waals surface area contributed by atoms with Crippen LogP contribution in [-0.2, 0) is 14.4 Å². The largest absolute Gasteiger partial charge is 0.582 e. The van der Waals surface area contributed by atoms with Crippen LogP contribution in [0.1, 0.15) is 0 Å². The van der Waals surface area contributed by atoms with Gasteiger partial charge in [0.05, 0.1) is 0 Å². The van der Waals surface area contributed by atoms with Crippen LogP contribution in [-0.4, -0.2) is 37.6 Å². The molecule has 0 saturated carbocycles. The minimum atomic E-state index is -1.67. The fraction of sp³-hybridized carbons (Fsp3) is 0.0588. The van der Waals surface area contributed by atoms with Crippen molar-refractivity contribution in [3.8, 4) is 40.1 Å². The quantitative estimate of drug-likeness (QED) is 0.191. The van der Waals surface area contributed by atoms with Crippen LogP contribution < -0.4 is 10.2 Å². The summed E-state index contributed by atoms with van der Waals surface area (Å²) in [5, 5.41) is 38.6.